The molecule has 1 aliphatic carbocycles. The van der Waals surface area contributed by atoms with Gasteiger partial charge in [-0.05, 0) is 13.8 Å². The minimum Gasteiger partial charge on any atom is -0.493 e. The molecule has 1 aliphatic rings. The molecule has 0 bridgehead atoms. The molecule has 0 aromatic heterocycles. The van der Waals surface area contributed by atoms with Crippen molar-refractivity contribution < 1.29 is 23.7 Å². The highest BCUT2D eigenvalue weighted by molar-refractivity contribution is 5.91. The molecule has 2 rings (SSSR count). The molecular weight excluding hydrogens is 260 g/mol. The molecule has 1 unspecified atom stereocenters. The third-order valence-corrected chi connectivity index (χ3v) is 3.81. The fourth-order valence-corrected chi connectivity index (χ4v) is 2.21. The number of methoxy groups -OCH3 is 3. The third kappa shape index (κ3) is 2.28. The average molecular weight is 280 g/mol. The highest BCUT2D eigenvalue weighted by atomic mass is 16.5. The first-order chi connectivity index (χ1) is 9.43. The summed E-state index contributed by atoms with van der Waals surface area (Å²) < 4.78 is 21.7. The quantitative estimate of drug-likeness (QED) is 0.829. The summed E-state index contributed by atoms with van der Waals surface area (Å²) in [5.74, 6) is 2.40. The van der Waals surface area contributed by atoms with Crippen molar-refractivity contribution >= 4 is 5.78 Å². The SMILES string of the molecule is COc1cc(OC2CC(=O)C2(C)C)cc(OC)c1OC. The number of ketones is 1. The van der Waals surface area contributed by atoms with E-state index in [-0.39, 0.29) is 11.9 Å². The number of Topliss-reactive ketones (excluding diaryl/α,β-unsaturated/α-hetero) is 1. The summed E-state index contributed by atoms with van der Waals surface area (Å²) in [5, 5.41) is 0. The van der Waals surface area contributed by atoms with Gasteiger partial charge < -0.3 is 18.9 Å². The summed E-state index contributed by atoms with van der Waals surface area (Å²) in [7, 11) is 4.66. The maximum Gasteiger partial charge on any atom is 0.203 e. The Morgan fingerprint density at radius 3 is 1.95 bits per heavy atom. The van der Waals surface area contributed by atoms with Gasteiger partial charge in [-0.15, -0.1) is 0 Å². The highest BCUT2D eigenvalue weighted by Crippen LogP contribution is 2.44. The van der Waals surface area contributed by atoms with Crippen molar-refractivity contribution in [3.8, 4) is 23.0 Å². The Labute approximate surface area is 118 Å². The Morgan fingerprint density at radius 2 is 1.60 bits per heavy atom. The summed E-state index contributed by atoms with van der Waals surface area (Å²) in [5.41, 5.74) is -0.444. The van der Waals surface area contributed by atoms with Crippen molar-refractivity contribution in [2.75, 3.05) is 21.3 Å². The monoisotopic (exact) mass is 280 g/mol. The van der Waals surface area contributed by atoms with E-state index in [1.165, 1.54) is 0 Å². The molecule has 1 aromatic rings. The van der Waals surface area contributed by atoms with Crippen LogP contribution in [-0.2, 0) is 4.79 Å². The number of carbonyl (C=O) groups excluding carboxylic acids is 1. The van der Waals surface area contributed by atoms with Crippen LogP contribution < -0.4 is 18.9 Å². The van der Waals surface area contributed by atoms with Gasteiger partial charge in [0.2, 0.25) is 5.75 Å². The zero-order valence-corrected chi connectivity index (χ0v) is 12.5. The maximum absolute atomic E-state index is 11.5. The summed E-state index contributed by atoms with van der Waals surface area (Å²) in [6, 6.07) is 3.47. The molecule has 1 saturated carbocycles. The third-order valence-electron chi connectivity index (χ3n) is 3.81. The largest absolute Gasteiger partial charge is 0.493 e. The second-order valence-electron chi connectivity index (χ2n) is 5.32. The fourth-order valence-electron chi connectivity index (χ4n) is 2.21. The molecule has 1 fully saturated rings. The first-order valence-corrected chi connectivity index (χ1v) is 6.44. The summed E-state index contributed by atoms with van der Waals surface area (Å²) in [6.45, 7) is 3.78. The highest BCUT2D eigenvalue weighted by Gasteiger charge is 2.49. The van der Waals surface area contributed by atoms with Crippen molar-refractivity contribution in [3.63, 3.8) is 0 Å². The normalized spacial score (nSPS) is 20.1. The van der Waals surface area contributed by atoms with E-state index < -0.39 is 5.41 Å². The van der Waals surface area contributed by atoms with E-state index in [1.807, 2.05) is 13.8 Å². The molecule has 110 valence electrons. The minimum absolute atomic E-state index is 0.127. The topological polar surface area (TPSA) is 54.0 Å². The van der Waals surface area contributed by atoms with Crippen LogP contribution in [0.4, 0.5) is 0 Å². The van der Waals surface area contributed by atoms with Crippen molar-refractivity contribution in [1.29, 1.82) is 0 Å². The van der Waals surface area contributed by atoms with Gasteiger partial charge in [0.15, 0.2) is 11.5 Å². The Kier molecular flexibility index (Phi) is 3.79. The number of benzene rings is 1. The molecule has 1 atom stereocenters. The number of hydrogen-bond donors (Lipinski definition) is 0. The molecule has 0 aliphatic heterocycles. The number of carbonyl (C=O) groups is 1. The Hall–Kier alpha value is -1.91. The Morgan fingerprint density at radius 1 is 1.05 bits per heavy atom. The molecule has 0 spiro atoms. The van der Waals surface area contributed by atoms with Crippen LogP contribution in [0, 0.1) is 5.41 Å². The summed E-state index contributed by atoms with van der Waals surface area (Å²) in [6.07, 6.45) is 0.307. The van der Waals surface area contributed by atoms with E-state index in [2.05, 4.69) is 0 Å². The molecule has 0 saturated heterocycles. The minimum atomic E-state index is -0.444. The first-order valence-electron chi connectivity index (χ1n) is 6.44. The second-order valence-corrected chi connectivity index (χ2v) is 5.32. The van der Waals surface area contributed by atoms with Gasteiger partial charge in [-0.1, -0.05) is 0 Å². The lowest BCUT2D eigenvalue weighted by Gasteiger charge is -2.42. The number of rotatable bonds is 5. The van der Waals surface area contributed by atoms with Crippen LogP contribution in [0.3, 0.4) is 0 Å². The molecule has 5 heteroatoms. The van der Waals surface area contributed by atoms with Crippen LogP contribution in [0.15, 0.2) is 12.1 Å². The molecule has 0 radical (unpaired) electrons. The van der Waals surface area contributed by atoms with E-state index >= 15 is 0 Å². The number of hydrogen-bond acceptors (Lipinski definition) is 5. The van der Waals surface area contributed by atoms with Crippen LogP contribution in [0.25, 0.3) is 0 Å². The van der Waals surface area contributed by atoms with Crippen LogP contribution >= 0.6 is 0 Å². The zero-order valence-electron chi connectivity index (χ0n) is 12.5. The van der Waals surface area contributed by atoms with Crippen LogP contribution in [0.2, 0.25) is 0 Å². The van der Waals surface area contributed by atoms with E-state index in [4.69, 9.17) is 18.9 Å². The molecule has 5 nitrogen and oxygen atoms in total. The zero-order chi connectivity index (χ0) is 14.9. The van der Waals surface area contributed by atoms with Gasteiger partial charge in [0.1, 0.15) is 17.6 Å². The molecule has 0 amide bonds. The van der Waals surface area contributed by atoms with Gasteiger partial charge in [0, 0.05) is 18.6 Å². The van der Waals surface area contributed by atoms with Gasteiger partial charge in [0.25, 0.3) is 0 Å². The van der Waals surface area contributed by atoms with Crippen molar-refractivity contribution in [1.82, 2.24) is 0 Å². The summed E-state index contributed by atoms with van der Waals surface area (Å²) in [4.78, 5) is 11.5. The van der Waals surface area contributed by atoms with Crippen LogP contribution in [-0.4, -0.2) is 33.2 Å². The molecule has 20 heavy (non-hydrogen) atoms. The van der Waals surface area contributed by atoms with Crippen molar-refractivity contribution in [3.05, 3.63) is 12.1 Å². The standard InChI is InChI=1S/C15H20O5/c1-15(2)12(16)8-13(15)20-9-6-10(17-3)14(19-5)11(7-9)18-4/h6-7,13H,8H2,1-5H3. The van der Waals surface area contributed by atoms with E-state index in [0.717, 1.165) is 0 Å². The maximum atomic E-state index is 11.5. The lowest BCUT2D eigenvalue weighted by Crippen LogP contribution is -2.52. The number of ether oxygens (including phenoxy) is 4. The first kappa shape index (κ1) is 14.5. The molecular formula is C15H20O5. The Bertz CT molecular complexity index is 496. The van der Waals surface area contributed by atoms with Crippen LogP contribution in [0.1, 0.15) is 20.3 Å². The molecule has 0 N–H and O–H groups in total. The summed E-state index contributed by atoms with van der Waals surface area (Å²) >= 11 is 0. The van der Waals surface area contributed by atoms with E-state index in [0.29, 0.717) is 29.4 Å². The lowest BCUT2D eigenvalue weighted by atomic mass is 9.68. The van der Waals surface area contributed by atoms with Gasteiger partial charge in [-0.3, -0.25) is 4.79 Å². The predicted molar refractivity (Wildman–Crippen MR) is 73.9 cm³/mol. The van der Waals surface area contributed by atoms with E-state index in [9.17, 15) is 4.79 Å². The molecule has 0 heterocycles. The van der Waals surface area contributed by atoms with E-state index in [1.54, 1.807) is 33.5 Å². The predicted octanol–water partition coefficient (Wildman–Crippen LogP) is 2.46. The van der Waals surface area contributed by atoms with Gasteiger partial charge in [-0.25, -0.2) is 0 Å². The smallest absolute Gasteiger partial charge is 0.203 e. The van der Waals surface area contributed by atoms with Gasteiger partial charge in [-0.2, -0.15) is 0 Å². The lowest BCUT2D eigenvalue weighted by molar-refractivity contribution is -0.148. The van der Waals surface area contributed by atoms with Gasteiger partial charge in [0.05, 0.1) is 26.7 Å². The average Bonchev–Trinajstić information content (AvgIpc) is 2.45. The Balaban J connectivity index is 2.27. The van der Waals surface area contributed by atoms with Crippen molar-refractivity contribution in [2.45, 2.75) is 26.4 Å². The second kappa shape index (κ2) is 5.23. The van der Waals surface area contributed by atoms with Gasteiger partial charge >= 0.3 is 0 Å². The van der Waals surface area contributed by atoms with Crippen LogP contribution in [0.5, 0.6) is 23.0 Å². The van der Waals surface area contributed by atoms with Crippen molar-refractivity contribution in [2.24, 2.45) is 5.41 Å². The molecule has 1 aromatic carbocycles. The fraction of sp³-hybridized carbons (Fsp3) is 0.533.